The van der Waals surface area contributed by atoms with Gasteiger partial charge in [0.1, 0.15) is 0 Å². The normalized spacial score (nSPS) is 22.3. The van der Waals surface area contributed by atoms with Crippen LogP contribution < -0.4 is 11.0 Å². The van der Waals surface area contributed by atoms with Crippen LogP contribution in [0.5, 0.6) is 0 Å². The Morgan fingerprint density at radius 1 is 1.38 bits per heavy atom. The van der Waals surface area contributed by atoms with E-state index >= 15 is 0 Å². The minimum absolute atomic E-state index is 0.0571. The molecule has 0 aliphatic carbocycles. The predicted octanol–water partition coefficient (Wildman–Crippen LogP) is 2.03. The number of piperidine rings is 1. The molecule has 2 atom stereocenters. The zero-order valence-corrected chi connectivity index (χ0v) is 12.2. The summed E-state index contributed by atoms with van der Waals surface area (Å²) in [5.41, 5.74) is 2.04. The van der Waals surface area contributed by atoms with E-state index in [9.17, 15) is 4.79 Å². The summed E-state index contributed by atoms with van der Waals surface area (Å²) in [5, 5.41) is 12.3. The van der Waals surface area contributed by atoms with E-state index in [2.05, 4.69) is 18.3 Å². The van der Waals surface area contributed by atoms with Crippen LogP contribution in [0, 0.1) is 11.3 Å². The standard InChI is InChI=1S/C16H20N4O/c1-2-9-19-14-5-3-4-6-15(14)20(16(19)21)13-7-8-18-12(10-13)11-17/h3-6,12-13,18H,2,7-10H2,1H3. The molecule has 1 aliphatic heterocycles. The molecule has 5 heteroatoms. The number of para-hydroxylation sites is 2. The highest BCUT2D eigenvalue weighted by atomic mass is 16.1. The van der Waals surface area contributed by atoms with Crippen molar-refractivity contribution >= 4 is 11.0 Å². The van der Waals surface area contributed by atoms with Crippen LogP contribution in [0.3, 0.4) is 0 Å². The third-order valence-electron chi connectivity index (χ3n) is 4.21. The van der Waals surface area contributed by atoms with Gasteiger partial charge < -0.3 is 5.32 Å². The maximum Gasteiger partial charge on any atom is 0.329 e. The molecule has 1 fully saturated rings. The fourth-order valence-corrected chi connectivity index (χ4v) is 3.26. The number of hydrogen-bond acceptors (Lipinski definition) is 3. The van der Waals surface area contributed by atoms with Crippen molar-refractivity contribution in [2.75, 3.05) is 6.54 Å². The van der Waals surface area contributed by atoms with Crippen molar-refractivity contribution in [2.24, 2.45) is 0 Å². The molecule has 0 spiro atoms. The Balaban J connectivity index is 2.12. The Morgan fingerprint density at radius 2 is 2.14 bits per heavy atom. The lowest BCUT2D eigenvalue weighted by Crippen LogP contribution is -2.40. The average Bonchev–Trinajstić information content (AvgIpc) is 2.80. The summed E-state index contributed by atoms with van der Waals surface area (Å²) in [7, 11) is 0. The second kappa shape index (κ2) is 5.74. The molecule has 1 aliphatic rings. The maximum absolute atomic E-state index is 12.8. The molecule has 2 aromatic rings. The van der Waals surface area contributed by atoms with Crippen molar-refractivity contribution in [1.82, 2.24) is 14.5 Å². The van der Waals surface area contributed by atoms with Crippen LogP contribution >= 0.6 is 0 Å². The number of rotatable bonds is 3. The van der Waals surface area contributed by atoms with E-state index in [4.69, 9.17) is 5.26 Å². The van der Waals surface area contributed by atoms with E-state index in [0.717, 1.165) is 37.0 Å². The van der Waals surface area contributed by atoms with Gasteiger partial charge in [-0.15, -0.1) is 0 Å². The van der Waals surface area contributed by atoms with E-state index in [1.165, 1.54) is 0 Å². The lowest BCUT2D eigenvalue weighted by atomic mass is 10.00. The summed E-state index contributed by atoms with van der Waals surface area (Å²) in [6.07, 6.45) is 2.51. The van der Waals surface area contributed by atoms with Gasteiger partial charge in [-0.05, 0) is 37.9 Å². The van der Waals surface area contributed by atoms with Crippen LogP contribution in [0.4, 0.5) is 0 Å². The first-order chi connectivity index (χ1) is 10.3. The van der Waals surface area contributed by atoms with Gasteiger partial charge in [0.2, 0.25) is 0 Å². The number of hydrogen-bond donors (Lipinski definition) is 1. The molecule has 3 rings (SSSR count). The van der Waals surface area contributed by atoms with E-state index in [-0.39, 0.29) is 17.8 Å². The zero-order valence-electron chi connectivity index (χ0n) is 12.2. The van der Waals surface area contributed by atoms with Crippen LogP contribution in [0.1, 0.15) is 32.2 Å². The van der Waals surface area contributed by atoms with Crippen LogP contribution in [0.2, 0.25) is 0 Å². The Bertz CT molecular complexity index is 737. The number of nitrogens with zero attached hydrogens (tertiary/aromatic N) is 3. The van der Waals surface area contributed by atoms with Gasteiger partial charge in [0.05, 0.1) is 23.1 Å². The molecular weight excluding hydrogens is 264 g/mol. The number of aryl methyl sites for hydroxylation is 1. The van der Waals surface area contributed by atoms with Crippen LogP contribution in [0.25, 0.3) is 11.0 Å². The lowest BCUT2D eigenvalue weighted by Gasteiger charge is -2.27. The molecule has 1 N–H and O–H groups in total. The van der Waals surface area contributed by atoms with Crippen LogP contribution in [0.15, 0.2) is 29.1 Å². The summed E-state index contributed by atoms with van der Waals surface area (Å²) in [6.45, 7) is 3.59. The number of nitrogens with one attached hydrogen (secondary N) is 1. The van der Waals surface area contributed by atoms with E-state index in [1.54, 1.807) is 0 Å². The summed E-state index contributed by atoms with van der Waals surface area (Å²) < 4.78 is 3.76. The van der Waals surface area contributed by atoms with Gasteiger partial charge in [0.15, 0.2) is 0 Å². The average molecular weight is 284 g/mol. The van der Waals surface area contributed by atoms with Gasteiger partial charge in [0.25, 0.3) is 0 Å². The molecule has 0 bridgehead atoms. The molecule has 0 amide bonds. The highest BCUT2D eigenvalue weighted by molar-refractivity contribution is 5.76. The van der Waals surface area contributed by atoms with Crippen LogP contribution in [-0.4, -0.2) is 21.7 Å². The SMILES string of the molecule is CCCn1c(=O)n(C2CCNC(C#N)C2)c2ccccc21. The molecule has 1 aromatic heterocycles. The number of imidazole rings is 1. The first kappa shape index (κ1) is 13.9. The van der Waals surface area contributed by atoms with E-state index in [1.807, 2.05) is 33.4 Å². The van der Waals surface area contributed by atoms with E-state index in [0.29, 0.717) is 6.42 Å². The first-order valence-electron chi connectivity index (χ1n) is 7.59. The Morgan fingerprint density at radius 3 is 2.86 bits per heavy atom. The van der Waals surface area contributed by atoms with Crippen molar-refractivity contribution in [2.45, 2.75) is 44.8 Å². The molecule has 0 radical (unpaired) electrons. The third kappa shape index (κ3) is 2.36. The number of aromatic nitrogens is 2. The van der Waals surface area contributed by atoms with Crippen molar-refractivity contribution in [3.63, 3.8) is 0 Å². The minimum atomic E-state index is -0.163. The minimum Gasteiger partial charge on any atom is -0.302 e. The van der Waals surface area contributed by atoms with Crippen molar-refractivity contribution in [3.05, 3.63) is 34.7 Å². The van der Waals surface area contributed by atoms with Gasteiger partial charge in [-0.2, -0.15) is 5.26 Å². The molecular formula is C16H20N4O. The number of nitriles is 1. The summed E-state index contributed by atoms with van der Waals surface area (Å²) >= 11 is 0. The zero-order chi connectivity index (χ0) is 14.8. The van der Waals surface area contributed by atoms with Gasteiger partial charge >= 0.3 is 5.69 Å². The van der Waals surface area contributed by atoms with Crippen molar-refractivity contribution in [3.8, 4) is 6.07 Å². The fraction of sp³-hybridized carbons (Fsp3) is 0.500. The molecule has 2 heterocycles. The third-order valence-corrected chi connectivity index (χ3v) is 4.21. The largest absolute Gasteiger partial charge is 0.329 e. The van der Waals surface area contributed by atoms with Gasteiger partial charge in [0, 0.05) is 12.6 Å². The van der Waals surface area contributed by atoms with Crippen LogP contribution in [-0.2, 0) is 6.54 Å². The Hall–Kier alpha value is -2.06. The smallest absolute Gasteiger partial charge is 0.302 e. The molecule has 5 nitrogen and oxygen atoms in total. The Kier molecular flexibility index (Phi) is 3.80. The molecule has 1 aromatic carbocycles. The molecule has 1 saturated heterocycles. The molecule has 21 heavy (non-hydrogen) atoms. The summed E-state index contributed by atoms with van der Waals surface area (Å²) in [4.78, 5) is 12.8. The molecule has 110 valence electrons. The second-order valence-electron chi connectivity index (χ2n) is 5.61. The van der Waals surface area contributed by atoms with Crippen molar-refractivity contribution < 1.29 is 0 Å². The number of benzene rings is 1. The highest BCUT2D eigenvalue weighted by Crippen LogP contribution is 2.25. The van der Waals surface area contributed by atoms with Gasteiger partial charge in [-0.1, -0.05) is 19.1 Å². The topological polar surface area (TPSA) is 62.8 Å². The monoisotopic (exact) mass is 284 g/mol. The predicted molar refractivity (Wildman–Crippen MR) is 82.2 cm³/mol. The van der Waals surface area contributed by atoms with Gasteiger partial charge in [-0.3, -0.25) is 9.13 Å². The van der Waals surface area contributed by atoms with Crippen molar-refractivity contribution in [1.29, 1.82) is 5.26 Å². The summed E-state index contributed by atoms with van der Waals surface area (Å²) in [6, 6.07) is 10.2. The number of fused-ring (bicyclic) bond motifs is 1. The highest BCUT2D eigenvalue weighted by Gasteiger charge is 2.26. The van der Waals surface area contributed by atoms with E-state index < -0.39 is 0 Å². The first-order valence-corrected chi connectivity index (χ1v) is 7.59. The molecule has 2 unspecified atom stereocenters. The lowest BCUT2D eigenvalue weighted by molar-refractivity contribution is 0.332. The van der Waals surface area contributed by atoms with Gasteiger partial charge in [-0.25, -0.2) is 4.79 Å². The summed E-state index contributed by atoms with van der Waals surface area (Å²) in [5.74, 6) is 0. The quantitative estimate of drug-likeness (QED) is 0.938. The fourth-order valence-electron chi connectivity index (χ4n) is 3.26. The molecule has 0 saturated carbocycles. The second-order valence-corrected chi connectivity index (χ2v) is 5.61. The Labute approximate surface area is 123 Å². The maximum atomic E-state index is 12.8.